The minimum atomic E-state index is 0.105. The first-order valence-corrected chi connectivity index (χ1v) is 4.83. The normalized spacial score (nSPS) is 8.83. The number of carbonyl (C=O) groups excluding carboxylic acids is 1. The molecular formula is C11H18O. The molecule has 0 fully saturated rings. The molecule has 0 saturated heterocycles. The monoisotopic (exact) mass is 166 g/mol. The van der Waals surface area contributed by atoms with Crippen molar-refractivity contribution in [3.8, 4) is 11.8 Å². The second kappa shape index (κ2) is 8.33. The number of carbonyl (C=O) groups is 1. The van der Waals surface area contributed by atoms with Crippen LogP contribution in [0.2, 0.25) is 0 Å². The highest BCUT2D eigenvalue weighted by atomic mass is 16.1. The fraction of sp³-hybridized carbons (Fsp3) is 0.727. The van der Waals surface area contributed by atoms with Crippen molar-refractivity contribution in [3.63, 3.8) is 0 Å². The van der Waals surface area contributed by atoms with E-state index < -0.39 is 0 Å². The first kappa shape index (κ1) is 11.2. The van der Waals surface area contributed by atoms with Gasteiger partial charge in [0.05, 0.1) is 0 Å². The van der Waals surface area contributed by atoms with Gasteiger partial charge in [-0.25, -0.2) is 0 Å². The van der Waals surface area contributed by atoms with E-state index >= 15 is 0 Å². The van der Waals surface area contributed by atoms with Crippen LogP contribution in [0.1, 0.15) is 52.4 Å². The van der Waals surface area contributed by atoms with E-state index in [9.17, 15) is 4.79 Å². The van der Waals surface area contributed by atoms with Crippen molar-refractivity contribution in [3.05, 3.63) is 0 Å². The second-order valence-electron chi connectivity index (χ2n) is 2.93. The smallest absolute Gasteiger partial charge is 0.205 e. The summed E-state index contributed by atoms with van der Waals surface area (Å²) in [6.45, 7) is 4.21. The van der Waals surface area contributed by atoms with E-state index in [4.69, 9.17) is 0 Å². The van der Waals surface area contributed by atoms with Crippen LogP contribution in [0, 0.1) is 11.8 Å². The van der Waals surface area contributed by atoms with Gasteiger partial charge in [-0.05, 0) is 18.8 Å². The molecule has 0 aromatic heterocycles. The molecule has 0 aromatic carbocycles. The molecule has 0 heterocycles. The molecule has 0 rings (SSSR count). The lowest BCUT2D eigenvalue weighted by Gasteiger charge is -1.88. The number of hydrogen-bond donors (Lipinski definition) is 0. The summed E-state index contributed by atoms with van der Waals surface area (Å²) in [4.78, 5) is 11.0. The Labute approximate surface area is 75.5 Å². The van der Waals surface area contributed by atoms with Gasteiger partial charge in [0.25, 0.3) is 0 Å². The van der Waals surface area contributed by atoms with E-state index in [1.165, 1.54) is 0 Å². The van der Waals surface area contributed by atoms with Crippen LogP contribution in [-0.2, 0) is 4.79 Å². The van der Waals surface area contributed by atoms with Crippen LogP contribution in [0.5, 0.6) is 0 Å². The van der Waals surface area contributed by atoms with Crippen LogP contribution >= 0.6 is 0 Å². The molecule has 0 bridgehead atoms. The molecule has 0 atom stereocenters. The van der Waals surface area contributed by atoms with E-state index in [0.29, 0.717) is 6.42 Å². The molecule has 1 heteroatoms. The molecule has 0 aliphatic heterocycles. The zero-order valence-corrected chi connectivity index (χ0v) is 8.15. The van der Waals surface area contributed by atoms with Crippen LogP contribution in [0.3, 0.4) is 0 Å². The SMILES string of the molecule is CCCCC#CC(=O)CCCC. The highest BCUT2D eigenvalue weighted by Gasteiger charge is 1.93. The number of unbranched alkanes of at least 4 members (excludes halogenated alkanes) is 3. The van der Waals surface area contributed by atoms with Crippen molar-refractivity contribution in [1.82, 2.24) is 0 Å². The van der Waals surface area contributed by atoms with Gasteiger partial charge in [0, 0.05) is 12.8 Å². The summed E-state index contributed by atoms with van der Waals surface area (Å²) in [5.74, 6) is 5.66. The molecule has 0 aliphatic carbocycles. The molecule has 68 valence electrons. The molecular weight excluding hydrogens is 148 g/mol. The van der Waals surface area contributed by atoms with E-state index in [0.717, 1.165) is 32.1 Å². The summed E-state index contributed by atoms with van der Waals surface area (Å²) in [6.07, 6.45) is 5.81. The van der Waals surface area contributed by atoms with E-state index in [2.05, 4.69) is 25.7 Å². The zero-order chi connectivity index (χ0) is 9.23. The van der Waals surface area contributed by atoms with Crippen molar-refractivity contribution in [2.24, 2.45) is 0 Å². The van der Waals surface area contributed by atoms with Gasteiger partial charge in [0.2, 0.25) is 5.78 Å². The molecule has 1 nitrogen and oxygen atoms in total. The first-order chi connectivity index (χ1) is 5.81. The molecule has 0 spiro atoms. The van der Waals surface area contributed by atoms with Gasteiger partial charge in [-0.15, -0.1) is 0 Å². The summed E-state index contributed by atoms with van der Waals surface area (Å²) in [5.41, 5.74) is 0. The molecule has 0 aromatic rings. The topological polar surface area (TPSA) is 17.1 Å². The maximum absolute atomic E-state index is 11.0. The summed E-state index contributed by atoms with van der Waals surface area (Å²) in [5, 5.41) is 0. The quantitative estimate of drug-likeness (QED) is 0.348. The number of Topliss-reactive ketones (excluding diaryl/α,β-unsaturated/α-hetero) is 1. The fourth-order valence-electron chi connectivity index (χ4n) is 0.826. The third kappa shape index (κ3) is 7.34. The highest BCUT2D eigenvalue weighted by Crippen LogP contribution is 1.95. The largest absolute Gasteiger partial charge is 0.285 e. The Bertz CT molecular complexity index is 171. The average Bonchev–Trinajstić information content (AvgIpc) is 2.09. The molecule has 0 saturated carbocycles. The summed E-state index contributed by atoms with van der Waals surface area (Å²) in [6, 6.07) is 0. The van der Waals surface area contributed by atoms with E-state index in [-0.39, 0.29) is 5.78 Å². The van der Waals surface area contributed by atoms with Gasteiger partial charge < -0.3 is 0 Å². The van der Waals surface area contributed by atoms with Crippen molar-refractivity contribution >= 4 is 5.78 Å². The summed E-state index contributed by atoms with van der Waals surface area (Å²) in [7, 11) is 0. The van der Waals surface area contributed by atoms with Crippen molar-refractivity contribution in [2.45, 2.75) is 52.4 Å². The van der Waals surface area contributed by atoms with Crippen molar-refractivity contribution in [2.75, 3.05) is 0 Å². The van der Waals surface area contributed by atoms with Gasteiger partial charge in [-0.3, -0.25) is 4.79 Å². The number of rotatable bonds is 5. The lowest BCUT2D eigenvalue weighted by atomic mass is 10.2. The lowest BCUT2D eigenvalue weighted by Crippen LogP contribution is -1.91. The maximum Gasteiger partial charge on any atom is 0.205 e. The van der Waals surface area contributed by atoms with Gasteiger partial charge >= 0.3 is 0 Å². The third-order valence-electron chi connectivity index (χ3n) is 1.64. The van der Waals surface area contributed by atoms with Gasteiger partial charge in [-0.1, -0.05) is 32.6 Å². The minimum absolute atomic E-state index is 0.105. The molecule has 0 unspecified atom stereocenters. The Morgan fingerprint density at radius 3 is 2.42 bits per heavy atom. The van der Waals surface area contributed by atoms with Crippen LogP contribution in [0.15, 0.2) is 0 Å². The van der Waals surface area contributed by atoms with Crippen molar-refractivity contribution < 1.29 is 4.79 Å². The first-order valence-electron chi connectivity index (χ1n) is 4.83. The molecule has 0 amide bonds. The van der Waals surface area contributed by atoms with Crippen molar-refractivity contribution in [1.29, 1.82) is 0 Å². The van der Waals surface area contributed by atoms with Crippen LogP contribution < -0.4 is 0 Å². The average molecular weight is 166 g/mol. The Hall–Kier alpha value is -0.770. The lowest BCUT2D eigenvalue weighted by molar-refractivity contribution is -0.113. The maximum atomic E-state index is 11.0. The predicted octanol–water partition coefficient (Wildman–Crippen LogP) is 2.94. The molecule has 12 heavy (non-hydrogen) atoms. The molecule has 0 N–H and O–H groups in total. The Kier molecular flexibility index (Phi) is 7.79. The predicted molar refractivity (Wildman–Crippen MR) is 51.8 cm³/mol. The Balaban J connectivity index is 3.43. The van der Waals surface area contributed by atoms with Crippen LogP contribution in [0.25, 0.3) is 0 Å². The standard InChI is InChI=1S/C11H18O/c1-3-5-7-8-10-11(12)9-6-4-2/h3-7,9H2,1-2H3. The summed E-state index contributed by atoms with van der Waals surface area (Å²) >= 11 is 0. The van der Waals surface area contributed by atoms with Crippen LogP contribution in [0.4, 0.5) is 0 Å². The molecule has 0 aliphatic rings. The number of ketones is 1. The van der Waals surface area contributed by atoms with E-state index in [1.807, 2.05) is 0 Å². The second-order valence-corrected chi connectivity index (χ2v) is 2.93. The van der Waals surface area contributed by atoms with Gasteiger partial charge in [0.15, 0.2) is 0 Å². The third-order valence-corrected chi connectivity index (χ3v) is 1.64. The summed E-state index contributed by atoms with van der Waals surface area (Å²) < 4.78 is 0. The zero-order valence-electron chi connectivity index (χ0n) is 8.15. The Morgan fingerprint density at radius 1 is 1.17 bits per heavy atom. The Morgan fingerprint density at radius 2 is 1.83 bits per heavy atom. The highest BCUT2D eigenvalue weighted by molar-refractivity contribution is 5.95. The molecule has 0 radical (unpaired) electrons. The van der Waals surface area contributed by atoms with Crippen LogP contribution in [-0.4, -0.2) is 5.78 Å². The van der Waals surface area contributed by atoms with E-state index in [1.54, 1.807) is 0 Å². The minimum Gasteiger partial charge on any atom is -0.285 e. The fourth-order valence-corrected chi connectivity index (χ4v) is 0.826. The number of hydrogen-bond acceptors (Lipinski definition) is 1. The van der Waals surface area contributed by atoms with Gasteiger partial charge in [0.1, 0.15) is 0 Å². The van der Waals surface area contributed by atoms with Gasteiger partial charge in [-0.2, -0.15) is 0 Å².